The number of hydrogen-bond donors (Lipinski definition) is 1. The molecule has 11 heteroatoms. The molecule has 0 spiro atoms. The van der Waals surface area contributed by atoms with Crippen molar-refractivity contribution in [3.05, 3.63) is 47.9 Å². The van der Waals surface area contributed by atoms with Gasteiger partial charge in [-0.25, -0.2) is 9.50 Å². The second-order valence-corrected chi connectivity index (χ2v) is 8.78. The maximum atomic E-state index is 12.4. The lowest BCUT2D eigenvalue weighted by atomic mass is 10.2. The van der Waals surface area contributed by atoms with Crippen LogP contribution in [0.1, 0.15) is 24.4 Å². The van der Waals surface area contributed by atoms with E-state index in [1.807, 2.05) is 38.1 Å². The molecule has 1 amide bonds. The standard InChI is InChI=1S/C27H29N5O6/c1-15-23-27(38-19-13-21(34-3)24(36-5)22(14-19)35-4)30-25(31-32(23)16(2)28-15)17-8-10-18(11-9-17)29-26(33)20-7-6-12-37-20/h8-11,13-14,20H,6-7,12H2,1-5H3,(H,29,33). The van der Waals surface area contributed by atoms with E-state index in [1.54, 1.807) is 38.0 Å². The number of carbonyl (C=O) groups is 1. The van der Waals surface area contributed by atoms with Crippen LogP contribution >= 0.6 is 0 Å². The van der Waals surface area contributed by atoms with Crippen LogP contribution in [-0.2, 0) is 9.53 Å². The van der Waals surface area contributed by atoms with Crippen molar-refractivity contribution >= 4 is 17.1 Å². The Morgan fingerprint density at radius 2 is 1.74 bits per heavy atom. The molecule has 1 aliphatic heterocycles. The summed E-state index contributed by atoms with van der Waals surface area (Å²) in [6, 6.07) is 10.7. The number of nitrogens with one attached hydrogen (secondary N) is 1. The highest BCUT2D eigenvalue weighted by Crippen LogP contribution is 2.42. The van der Waals surface area contributed by atoms with Crippen molar-refractivity contribution in [3.8, 4) is 40.3 Å². The van der Waals surface area contributed by atoms with Crippen LogP contribution in [-0.4, -0.2) is 59.5 Å². The molecule has 2 aromatic carbocycles. The number of hydrogen-bond acceptors (Lipinski definition) is 9. The summed E-state index contributed by atoms with van der Waals surface area (Å²) >= 11 is 0. The molecule has 0 radical (unpaired) electrons. The maximum absolute atomic E-state index is 12.4. The first-order valence-electron chi connectivity index (χ1n) is 12.2. The second kappa shape index (κ2) is 10.5. The topological polar surface area (TPSA) is 118 Å². The van der Waals surface area contributed by atoms with Crippen molar-refractivity contribution in [2.24, 2.45) is 0 Å². The summed E-state index contributed by atoms with van der Waals surface area (Å²) in [6.45, 7) is 4.35. The van der Waals surface area contributed by atoms with E-state index in [1.165, 1.54) is 0 Å². The zero-order valence-electron chi connectivity index (χ0n) is 21.9. The first-order chi connectivity index (χ1) is 18.4. The Hall–Kier alpha value is -4.38. The minimum atomic E-state index is -0.400. The van der Waals surface area contributed by atoms with E-state index < -0.39 is 6.10 Å². The Labute approximate surface area is 219 Å². The summed E-state index contributed by atoms with van der Waals surface area (Å²) in [5.41, 5.74) is 2.77. The van der Waals surface area contributed by atoms with E-state index in [2.05, 4.69) is 10.3 Å². The number of rotatable bonds is 8. The molecule has 1 unspecified atom stereocenters. The van der Waals surface area contributed by atoms with E-state index in [9.17, 15) is 4.79 Å². The molecule has 0 aliphatic carbocycles. The number of anilines is 1. The number of imidazole rings is 1. The zero-order valence-corrected chi connectivity index (χ0v) is 21.9. The van der Waals surface area contributed by atoms with Crippen molar-refractivity contribution in [3.63, 3.8) is 0 Å². The van der Waals surface area contributed by atoms with Gasteiger partial charge in [-0.3, -0.25) is 4.79 Å². The van der Waals surface area contributed by atoms with Gasteiger partial charge in [-0.05, 0) is 51.0 Å². The molecule has 2 aromatic heterocycles. The summed E-state index contributed by atoms with van der Waals surface area (Å²) < 4.78 is 29.8. The lowest BCUT2D eigenvalue weighted by Gasteiger charge is -2.15. The Balaban J connectivity index is 1.50. The Morgan fingerprint density at radius 3 is 2.34 bits per heavy atom. The van der Waals surface area contributed by atoms with Crippen molar-refractivity contribution in [1.29, 1.82) is 0 Å². The number of nitrogens with zero attached hydrogens (tertiary/aromatic N) is 4. The van der Waals surface area contributed by atoms with Gasteiger partial charge in [0.1, 0.15) is 17.7 Å². The monoisotopic (exact) mass is 519 g/mol. The van der Waals surface area contributed by atoms with Crippen LogP contribution in [0.15, 0.2) is 36.4 Å². The maximum Gasteiger partial charge on any atom is 0.253 e. The van der Waals surface area contributed by atoms with E-state index in [0.717, 1.165) is 24.1 Å². The first kappa shape index (κ1) is 25.3. The van der Waals surface area contributed by atoms with Crippen molar-refractivity contribution in [2.45, 2.75) is 32.8 Å². The molecular weight excluding hydrogens is 490 g/mol. The third-order valence-electron chi connectivity index (χ3n) is 6.28. The molecule has 1 fully saturated rings. The van der Waals surface area contributed by atoms with Crippen molar-refractivity contribution in [2.75, 3.05) is 33.3 Å². The number of amides is 1. The highest BCUT2D eigenvalue weighted by atomic mass is 16.5. The quantitative estimate of drug-likeness (QED) is 0.362. The Bertz CT molecular complexity index is 1450. The van der Waals surface area contributed by atoms with Gasteiger partial charge >= 0.3 is 0 Å². The predicted molar refractivity (Wildman–Crippen MR) is 139 cm³/mol. The Kier molecular flexibility index (Phi) is 7.01. The fourth-order valence-electron chi connectivity index (χ4n) is 4.42. The van der Waals surface area contributed by atoms with Gasteiger partial charge in [-0.15, -0.1) is 5.10 Å². The van der Waals surface area contributed by atoms with Crippen molar-refractivity contribution in [1.82, 2.24) is 19.6 Å². The molecule has 1 aliphatic rings. The predicted octanol–water partition coefficient (Wildman–Crippen LogP) is 4.34. The van der Waals surface area contributed by atoms with E-state index in [-0.39, 0.29) is 5.91 Å². The number of fused-ring (bicyclic) bond motifs is 1. The number of benzene rings is 2. The molecule has 5 rings (SSSR count). The number of methoxy groups -OCH3 is 3. The third kappa shape index (κ3) is 4.80. The highest BCUT2D eigenvalue weighted by Gasteiger charge is 2.24. The van der Waals surface area contributed by atoms with Gasteiger partial charge in [-0.2, -0.15) is 4.98 Å². The number of aromatic nitrogens is 4. The summed E-state index contributed by atoms with van der Waals surface area (Å²) in [5.74, 6) is 3.10. The van der Waals surface area contributed by atoms with Gasteiger partial charge in [0, 0.05) is 30.0 Å². The van der Waals surface area contributed by atoms with Crippen LogP contribution in [0.3, 0.4) is 0 Å². The summed E-state index contributed by atoms with van der Waals surface area (Å²) in [5, 5.41) is 7.60. The van der Waals surface area contributed by atoms with E-state index in [4.69, 9.17) is 33.8 Å². The normalized spacial score (nSPS) is 14.9. The summed E-state index contributed by atoms with van der Waals surface area (Å²) in [6.07, 6.45) is 1.23. The van der Waals surface area contributed by atoms with Gasteiger partial charge < -0.3 is 29.0 Å². The van der Waals surface area contributed by atoms with E-state index >= 15 is 0 Å². The van der Waals surface area contributed by atoms with Crippen LogP contribution in [0.25, 0.3) is 16.9 Å². The minimum Gasteiger partial charge on any atom is -0.493 e. The SMILES string of the molecule is COc1cc(Oc2nc(-c3ccc(NC(=O)C4CCCO4)cc3)nn3c(C)nc(C)c23)cc(OC)c1OC. The average molecular weight is 520 g/mol. The fraction of sp³-hybridized carbons (Fsp3) is 0.333. The van der Waals surface area contributed by atoms with Gasteiger partial charge in [-0.1, -0.05) is 0 Å². The molecule has 0 saturated carbocycles. The molecule has 198 valence electrons. The largest absolute Gasteiger partial charge is 0.493 e. The van der Waals surface area contributed by atoms with Gasteiger partial charge in [0.05, 0.1) is 27.0 Å². The molecular formula is C27H29N5O6. The van der Waals surface area contributed by atoms with Crippen LogP contribution in [0.5, 0.6) is 28.9 Å². The first-order valence-corrected chi connectivity index (χ1v) is 12.2. The van der Waals surface area contributed by atoms with Crippen LogP contribution in [0.4, 0.5) is 5.69 Å². The Morgan fingerprint density at radius 1 is 1.03 bits per heavy atom. The molecule has 1 atom stereocenters. The fourth-order valence-corrected chi connectivity index (χ4v) is 4.42. The molecule has 1 N–H and O–H groups in total. The molecule has 38 heavy (non-hydrogen) atoms. The number of ether oxygens (including phenoxy) is 5. The molecule has 0 bridgehead atoms. The lowest BCUT2D eigenvalue weighted by Crippen LogP contribution is -2.26. The number of aryl methyl sites for hydroxylation is 2. The zero-order chi connectivity index (χ0) is 26.8. The highest BCUT2D eigenvalue weighted by molar-refractivity contribution is 5.94. The summed E-state index contributed by atoms with van der Waals surface area (Å²) in [7, 11) is 4.62. The van der Waals surface area contributed by atoms with E-state index in [0.29, 0.717) is 58.3 Å². The van der Waals surface area contributed by atoms with Crippen LogP contribution in [0, 0.1) is 13.8 Å². The smallest absolute Gasteiger partial charge is 0.253 e. The average Bonchev–Trinajstić information content (AvgIpc) is 3.57. The minimum absolute atomic E-state index is 0.140. The van der Waals surface area contributed by atoms with Gasteiger partial charge in [0.25, 0.3) is 5.91 Å². The molecule has 3 heterocycles. The van der Waals surface area contributed by atoms with Crippen LogP contribution < -0.4 is 24.3 Å². The molecule has 1 saturated heterocycles. The van der Waals surface area contributed by atoms with Gasteiger partial charge in [0.2, 0.25) is 11.6 Å². The van der Waals surface area contributed by atoms with Crippen molar-refractivity contribution < 1.29 is 28.5 Å². The van der Waals surface area contributed by atoms with Gasteiger partial charge in [0.15, 0.2) is 22.8 Å². The third-order valence-corrected chi connectivity index (χ3v) is 6.28. The number of carbonyl (C=O) groups excluding carboxylic acids is 1. The molecule has 11 nitrogen and oxygen atoms in total. The second-order valence-electron chi connectivity index (χ2n) is 8.78. The molecule has 4 aromatic rings. The lowest BCUT2D eigenvalue weighted by molar-refractivity contribution is -0.124. The summed E-state index contributed by atoms with van der Waals surface area (Å²) in [4.78, 5) is 21.7. The van der Waals surface area contributed by atoms with Crippen LogP contribution in [0.2, 0.25) is 0 Å².